The molecule has 11 heavy (non-hydrogen) atoms. The molecule has 1 radical (unpaired) electrons. The van der Waals surface area contributed by atoms with Gasteiger partial charge in [-0.05, 0) is 12.8 Å². The number of rotatable bonds is 3. The molecule has 2 N–H and O–H groups in total. The molecule has 0 aromatic rings. The minimum absolute atomic E-state index is 0. The quantitative estimate of drug-likeness (QED) is 0.699. The Morgan fingerprint density at radius 2 is 1.27 bits per heavy atom. The van der Waals surface area contributed by atoms with Gasteiger partial charge in [-0.2, -0.15) is 0 Å². The van der Waals surface area contributed by atoms with Crippen LogP contribution in [-0.2, 0) is 25.8 Å². The van der Waals surface area contributed by atoms with Crippen molar-refractivity contribution in [2.45, 2.75) is 39.9 Å². The van der Waals surface area contributed by atoms with Gasteiger partial charge in [-0.15, -0.1) is 0 Å². The molecular weight excluding hydrogens is 173 g/mol. The Morgan fingerprint density at radius 3 is 1.36 bits per heavy atom. The Kier molecular flexibility index (Phi) is 8.23. The van der Waals surface area contributed by atoms with E-state index in [-0.39, 0.29) is 43.8 Å². The van der Waals surface area contributed by atoms with Crippen molar-refractivity contribution < 1.29 is 36.1 Å². The van der Waals surface area contributed by atoms with E-state index in [1.165, 1.54) is 0 Å². The zero-order chi connectivity index (χ0) is 8.31. The van der Waals surface area contributed by atoms with Crippen LogP contribution in [0.5, 0.6) is 0 Å². The summed E-state index contributed by atoms with van der Waals surface area (Å²) in [5.74, 6) is 0.199. The summed E-state index contributed by atoms with van der Waals surface area (Å²) in [5.41, 5.74) is 0. The zero-order valence-electron chi connectivity index (χ0n) is 7.78. The van der Waals surface area contributed by atoms with Crippen LogP contribution in [0.2, 0.25) is 0 Å². The minimum Gasteiger partial charge on any atom is -0.393 e. The van der Waals surface area contributed by atoms with Gasteiger partial charge in [-0.1, -0.05) is 20.8 Å². The average Bonchev–Trinajstić information content (AvgIpc) is 1.84. The van der Waals surface area contributed by atoms with Gasteiger partial charge in [0.05, 0.1) is 12.2 Å². The Hall–Kier alpha value is 0.790. The summed E-state index contributed by atoms with van der Waals surface area (Å²) in [4.78, 5) is 0. The van der Waals surface area contributed by atoms with E-state index in [9.17, 15) is 5.11 Å². The fraction of sp³-hybridized carbons (Fsp3) is 1.00. The van der Waals surface area contributed by atoms with Crippen molar-refractivity contribution in [1.29, 1.82) is 0 Å². The normalized spacial score (nSPS) is 18.8. The van der Waals surface area contributed by atoms with Crippen LogP contribution in [0.25, 0.3) is 0 Å². The van der Waals surface area contributed by atoms with Crippen LogP contribution in [0.4, 0.5) is 0 Å². The molecule has 0 rings (SSSR count). The smallest absolute Gasteiger partial charge is 0.0613 e. The van der Waals surface area contributed by atoms with Crippen LogP contribution in [0.15, 0.2) is 0 Å². The molecule has 2 nitrogen and oxygen atoms in total. The molecule has 0 fully saturated rings. The second-order valence-electron chi connectivity index (χ2n) is 3.33. The van der Waals surface area contributed by atoms with Crippen LogP contribution < -0.4 is 0 Å². The molecule has 0 bridgehead atoms. The van der Waals surface area contributed by atoms with E-state index < -0.39 is 6.10 Å². The Bertz CT molecular complexity index is 82.1. The molecule has 0 aromatic carbocycles. The molecule has 0 aliphatic carbocycles. The van der Waals surface area contributed by atoms with Gasteiger partial charge in [-0.3, -0.25) is 0 Å². The standard InChI is InChI=1S/C8H18O2.Sc/c1-5(2)8(10)6(3)7(4)9;/h5-10H,1-4H3;. The number of aliphatic hydroxyl groups is 2. The first-order valence-corrected chi connectivity index (χ1v) is 3.83. The van der Waals surface area contributed by atoms with E-state index >= 15 is 0 Å². The van der Waals surface area contributed by atoms with Gasteiger partial charge in [0.15, 0.2) is 0 Å². The van der Waals surface area contributed by atoms with Crippen LogP contribution in [0.3, 0.4) is 0 Å². The first-order valence-electron chi connectivity index (χ1n) is 3.83. The van der Waals surface area contributed by atoms with Crippen LogP contribution in [0, 0.1) is 11.8 Å². The van der Waals surface area contributed by atoms with Crippen molar-refractivity contribution in [3.05, 3.63) is 0 Å². The van der Waals surface area contributed by atoms with Gasteiger partial charge in [-0.25, -0.2) is 0 Å². The Labute approximate surface area is 87.8 Å². The molecule has 0 saturated heterocycles. The summed E-state index contributed by atoms with van der Waals surface area (Å²) in [7, 11) is 0. The SMILES string of the molecule is CC(C)C(O)C(C)C(C)O.[Sc]. The average molecular weight is 191 g/mol. The Balaban J connectivity index is 0. The van der Waals surface area contributed by atoms with Gasteiger partial charge < -0.3 is 10.2 Å². The maximum absolute atomic E-state index is 9.41. The molecule has 3 unspecified atom stereocenters. The second-order valence-corrected chi connectivity index (χ2v) is 3.33. The molecule has 0 aliphatic heterocycles. The molecule has 3 atom stereocenters. The molecule has 0 amide bonds. The Morgan fingerprint density at radius 1 is 0.909 bits per heavy atom. The van der Waals surface area contributed by atoms with E-state index in [1.807, 2.05) is 20.8 Å². The van der Waals surface area contributed by atoms with Gasteiger partial charge >= 0.3 is 0 Å². The van der Waals surface area contributed by atoms with Crippen molar-refractivity contribution in [2.75, 3.05) is 0 Å². The van der Waals surface area contributed by atoms with E-state index in [1.54, 1.807) is 6.92 Å². The summed E-state index contributed by atoms with van der Waals surface area (Å²) in [5, 5.41) is 18.5. The summed E-state index contributed by atoms with van der Waals surface area (Å²) in [6.45, 7) is 7.46. The zero-order valence-corrected chi connectivity index (χ0v) is 9.58. The fourth-order valence-corrected chi connectivity index (χ4v) is 0.892. The van der Waals surface area contributed by atoms with Gasteiger partial charge in [0, 0.05) is 31.8 Å². The summed E-state index contributed by atoms with van der Waals surface area (Å²) >= 11 is 0. The van der Waals surface area contributed by atoms with Crippen molar-refractivity contribution in [3.63, 3.8) is 0 Å². The van der Waals surface area contributed by atoms with Crippen LogP contribution in [0.1, 0.15) is 27.7 Å². The van der Waals surface area contributed by atoms with E-state index in [4.69, 9.17) is 5.11 Å². The van der Waals surface area contributed by atoms with Crippen molar-refractivity contribution >= 4 is 0 Å². The molecule has 3 heteroatoms. The minimum atomic E-state index is -0.419. The van der Waals surface area contributed by atoms with Crippen molar-refractivity contribution in [3.8, 4) is 0 Å². The van der Waals surface area contributed by atoms with Gasteiger partial charge in [0.1, 0.15) is 0 Å². The first kappa shape index (κ1) is 14.3. The molecule has 65 valence electrons. The molecule has 0 aliphatic rings. The largest absolute Gasteiger partial charge is 0.393 e. The number of aliphatic hydroxyl groups excluding tert-OH is 2. The molecule has 0 spiro atoms. The fourth-order valence-electron chi connectivity index (χ4n) is 0.892. The number of hydrogen-bond acceptors (Lipinski definition) is 2. The molecule has 0 aromatic heterocycles. The van der Waals surface area contributed by atoms with Gasteiger partial charge in [0.25, 0.3) is 0 Å². The molecule has 0 heterocycles. The first-order chi connectivity index (χ1) is 4.46. The van der Waals surface area contributed by atoms with E-state index in [2.05, 4.69) is 0 Å². The maximum atomic E-state index is 9.41. The predicted molar refractivity (Wildman–Crippen MR) is 41.7 cm³/mol. The second kappa shape index (κ2) is 6.32. The third-order valence-electron chi connectivity index (χ3n) is 1.98. The third-order valence-corrected chi connectivity index (χ3v) is 1.98. The summed E-state index contributed by atoms with van der Waals surface area (Å²) in [6.07, 6.45) is -0.808. The maximum Gasteiger partial charge on any atom is 0.0613 e. The summed E-state index contributed by atoms with van der Waals surface area (Å²) in [6, 6.07) is 0. The molecular formula is C8H18O2Sc. The van der Waals surface area contributed by atoms with E-state index in [0.29, 0.717) is 0 Å². The van der Waals surface area contributed by atoms with Crippen molar-refractivity contribution in [2.24, 2.45) is 11.8 Å². The number of hydrogen-bond donors (Lipinski definition) is 2. The third kappa shape index (κ3) is 5.10. The van der Waals surface area contributed by atoms with Crippen molar-refractivity contribution in [1.82, 2.24) is 0 Å². The van der Waals surface area contributed by atoms with Gasteiger partial charge in [0.2, 0.25) is 0 Å². The monoisotopic (exact) mass is 191 g/mol. The van der Waals surface area contributed by atoms with E-state index in [0.717, 1.165) is 0 Å². The van der Waals surface area contributed by atoms with Crippen LogP contribution >= 0.6 is 0 Å². The predicted octanol–water partition coefficient (Wildman–Crippen LogP) is 1.02. The van der Waals surface area contributed by atoms with Crippen LogP contribution in [-0.4, -0.2) is 22.4 Å². The molecule has 0 saturated carbocycles. The topological polar surface area (TPSA) is 40.5 Å². The summed E-state index contributed by atoms with van der Waals surface area (Å²) < 4.78 is 0.